The predicted molar refractivity (Wildman–Crippen MR) is 175 cm³/mol. The molecule has 0 atom stereocenters. The zero-order chi connectivity index (χ0) is 32.8. The molecule has 9 nitrogen and oxygen atoms in total. The molecule has 0 radical (unpaired) electrons. The monoisotopic (exact) mass is 639 g/mol. The van der Waals surface area contributed by atoms with Crippen molar-refractivity contribution in [3.05, 3.63) is 117 Å². The molecule has 0 spiro atoms. The van der Waals surface area contributed by atoms with Crippen LogP contribution in [0.4, 0.5) is 14.5 Å². The highest BCUT2D eigenvalue weighted by Gasteiger charge is 2.28. The number of aromatic carboxylic acids is 1. The van der Waals surface area contributed by atoms with Crippen LogP contribution in [0.1, 0.15) is 51.5 Å². The average molecular weight is 640 g/mol. The normalized spacial score (nSPS) is 15.4. The number of fused-ring (bicyclic) bond motifs is 2. The summed E-state index contributed by atoms with van der Waals surface area (Å²) >= 11 is 0. The standard InChI is InChI=1S/C36H35F2N5O4/c1-40-25(21-41-13-8-23(9-14-41)33-29(37)17-24(36(45)46)18-30(33)38)19-28-32(7-12-39-34(28)40)43-16-11-31-27(35(43)44)10-15-42(31)20-22-3-5-26(47-2)6-4-22/h3-7,11-12,16-19,23H,8-10,13-15,20-21H2,1-2H3,(H,45,46). The molecule has 2 aliphatic rings. The molecule has 0 unspecified atom stereocenters. The van der Waals surface area contributed by atoms with E-state index < -0.39 is 23.2 Å². The third-order valence-corrected chi connectivity index (χ3v) is 9.65. The molecular formula is C36H35F2N5O4. The van der Waals surface area contributed by atoms with Crippen molar-refractivity contribution in [3.63, 3.8) is 0 Å². The molecule has 242 valence electrons. The van der Waals surface area contributed by atoms with E-state index in [-0.39, 0.29) is 17.0 Å². The Morgan fingerprint density at radius 1 is 0.979 bits per heavy atom. The molecule has 5 aromatic rings. The molecule has 0 aliphatic carbocycles. The van der Waals surface area contributed by atoms with E-state index in [0.717, 1.165) is 63.7 Å². The molecule has 1 N–H and O–H groups in total. The van der Waals surface area contributed by atoms with Gasteiger partial charge in [0, 0.05) is 67.0 Å². The summed E-state index contributed by atoms with van der Waals surface area (Å²) in [6, 6.07) is 15.7. The number of carboxylic acid groups (broad SMARTS) is 1. The summed E-state index contributed by atoms with van der Waals surface area (Å²) in [5.41, 5.74) is 5.01. The van der Waals surface area contributed by atoms with Gasteiger partial charge in [0.2, 0.25) is 0 Å². The van der Waals surface area contributed by atoms with E-state index in [4.69, 9.17) is 9.84 Å². The number of methoxy groups -OCH3 is 1. The third kappa shape index (κ3) is 5.65. The number of rotatable bonds is 8. The molecule has 1 fully saturated rings. The number of carboxylic acids is 1. The first-order valence-electron chi connectivity index (χ1n) is 15.7. The smallest absolute Gasteiger partial charge is 0.335 e. The van der Waals surface area contributed by atoms with Crippen LogP contribution < -0.4 is 15.2 Å². The maximum absolute atomic E-state index is 14.7. The van der Waals surface area contributed by atoms with Gasteiger partial charge < -0.3 is 19.3 Å². The fraction of sp³-hybridized carbons (Fsp3) is 0.306. The molecule has 47 heavy (non-hydrogen) atoms. The lowest BCUT2D eigenvalue weighted by atomic mass is 9.88. The number of hydrogen-bond acceptors (Lipinski definition) is 6. The number of piperidine rings is 1. The molecule has 2 aliphatic heterocycles. The van der Waals surface area contributed by atoms with Gasteiger partial charge in [-0.05, 0) is 86.3 Å². The van der Waals surface area contributed by atoms with E-state index in [1.54, 1.807) is 17.9 Å². The van der Waals surface area contributed by atoms with E-state index in [1.165, 1.54) is 0 Å². The number of nitrogens with zero attached hydrogens (tertiary/aromatic N) is 5. The highest BCUT2D eigenvalue weighted by molar-refractivity contribution is 5.88. The van der Waals surface area contributed by atoms with Gasteiger partial charge in [-0.25, -0.2) is 18.6 Å². The van der Waals surface area contributed by atoms with Crippen molar-refractivity contribution in [2.45, 2.75) is 38.3 Å². The van der Waals surface area contributed by atoms with Gasteiger partial charge in [0.25, 0.3) is 5.56 Å². The number of pyridine rings is 2. The summed E-state index contributed by atoms with van der Waals surface area (Å²) in [5.74, 6) is -2.48. The first-order chi connectivity index (χ1) is 22.7. The van der Waals surface area contributed by atoms with E-state index in [9.17, 15) is 18.4 Å². The Balaban J connectivity index is 1.09. The van der Waals surface area contributed by atoms with E-state index >= 15 is 0 Å². The summed E-state index contributed by atoms with van der Waals surface area (Å²) in [5, 5.41) is 9.99. The largest absolute Gasteiger partial charge is 0.497 e. The van der Waals surface area contributed by atoms with E-state index in [1.807, 2.05) is 54.2 Å². The number of likely N-dealkylation sites (tertiary alicyclic amines) is 1. The van der Waals surface area contributed by atoms with Gasteiger partial charge >= 0.3 is 5.97 Å². The summed E-state index contributed by atoms with van der Waals surface area (Å²) in [6.07, 6.45) is 5.34. The summed E-state index contributed by atoms with van der Waals surface area (Å²) in [7, 11) is 3.61. The zero-order valence-corrected chi connectivity index (χ0v) is 26.2. The van der Waals surface area contributed by atoms with Crippen LogP contribution in [0.3, 0.4) is 0 Å². The first-order valence-corrected chi connectivity index (χ1v) is 15.7. The van der Waals surface area contributed by atoms with Crippen molar-refractivity contribution in [3.8, 4) is 11.4 Å². The minimum absolute atomic E-state index is 0.0308. The van der Waals surface area contributed by atoms with Gasteiger partial charge in [-0.1, -0.05) is 12.1 Å². The Bertz CT molecular complexity index is 2020. The Kier molecular flexibility index (Phi) is 8.01. The number of carbonyl (C=O) groups is 1. The van der Waals surface area contributed by atoms with E-state index in [0.29, 0.717) is 45.4 Å². The van der Waals surface area contributed by atoms with Crippen LogP contribution in [-0.2, 0) is 26.6 Å². The maximum atomic E-state index is 14.7. The minimum atomic E-state index is -1.36. The Hall–Kier alpha value is -5.03. The molecule has 0 amide bonds. The Morgan fingerprint density at radius 2 is 1.70 bits per heavy atom. The van der Waals surface area contributed by atoms with Crippen LogP contribution in [0, 0.1) is 11.6 Å². The Morgan fingerprint density at radius 3 is 2.38 bits per heavy atom. The van der Waals surface area contributed by atoms with Crippen LogP contribution in [-0.4, -0.2) is 56.8 Å². The van der Waals surface area contributed by atoms with Crippen LogP contribution in [0.5, 0.6) is 5.75 Å². The summed E-state index contributed by atoms with van der Waals surface area (Å²) < 4.78 is 38.5. The lowest BCUT2D eigenvalue weighted by Gasteiger charge is -2.32. The number of aromatic nitrogens is 3. The van der Waals surface area contributed by atoms with Gasteiger partial charge in [0.05, 0.1) is 18.4 Å². The maximum Gasteiger partial charge on any atom is 0.335 e. The average Bonchev–Trinajstić information content (AvgIpc) is 3.62. The minimum Gasteiger partial charge on any atom is -0.497 e. The molecule has 3 aromatic heterocycles. The van der Waals surface area contributed by atoms with Crippen LogP contribution in [0.2, 0.25) is 0 Å². The molecule has 7 rings (SSSR count). The first kappa shape index (κ1) is 30.6. The lowest BCUT2D eigenvalue weighted by molar-refractivity contribution is 0.0695. The topological polar surface area (TPSA) is 92.8 Å². The van der Waals surface area contributed by atoms with Crippen molar-refractivity contribution < 1.29 is 23.4 Å². The van der Waals surface area contributed by atoms with Gasteiger partial charge in [-0.2, -0.15) is 0 Å². The number of halogens is 2. The third-order valence-electron chi connectivity index (χ3n) is 9.65. The van der Waals surface area contributed by atoms with Gasteiger partial charge in [-0.15, -0.1) is 0 Å². The number of aryl methyl sites for hydroxylation is 1. The quantitative estimate of drug-likeness (QED) is 0.235. The van der Waals surface area contributed by atoms with Crippen molar-refractivity contribution in [2.75, 3.05) is 31.6 Å². The molecule has 5 heterocycles. The van der Waals surface area contributed by atoms with Crippen molar-refractivity contribution in [1.29, 1.82) is 0 Å². The van der Waals surface area contributed by atoms with Gasteiger partial charge in [-0.3, -0.25) is 14.3 Å². The lowest BCUT2D eigenvalue weighted by Crippen LogP contribution is -2.33. The number of anilines is 1. The number of ether oxygens (including phenoxy) is 1. The number of benzene rings is 2. The molecule has 0 bridgehead atoms. The fourth-order valence-corrected chi connectivity index (χ4v) is 7.10. The number of hydrogen-bond donors (Lipinski definition) is 1. The second-order valence-corrected chi connectivity index (χ2v) is 12.3. The van der Waals surface area contributed by atoms with Crippen LogP contribution in [0.15, 0.2) is 71.8 Å². The van der Waals surface area contributed by atoms with Crippen LogP contribution in [0.25, 0.3) is 16.7 Å². The second-order valence-electron chi connectivity index (χ2n) is 12.3. The SMILES string of the molecule is COc1ccc(CN2CCc3c2ccn(-c2ccnc4c2cc(CN2CCC(c5c(F)cc(C(=O)O)cc5F)CC2)n4C)c3=O)cc1. The summed E-state index contributed by atoms with van der Waals surface area (Å²) in [4.78, 5) is 34.1. The highest BCUT2D eigenvalue weighted by atomic mass is 19.1. The summed E-state index contributed by atoms with van der Waals surface area (Å²) in [6.45, 7) is 3.35. The fourth-order valence-electron chi connectivity index (χ4n) is 7.10. The molecule has 2 aromatic carbocycles. The van der Waals surface area contributed by atoms with Crippen molar-refractivity contribution in [1.82, 2.24) is 19.0 Å². The predicted octanol–water partition coefficient (Wildman–Crippen LogP) is 5.65. The van der Waals surface area contributed by atoms with E-state index in [2.05, 4.69) is 20.9 Å². The van der Waals surface area contributed by atoms with Crippen LogP contribution >= 0.6 is 0 Å². The molecule has 1 saturated heterocycles. The second kappa shape index (κ2) is 12.3. The Labute approximate surface area is 270 Å². The van der Waals surface area contributed by atoms with Gasteiger partial charge in [0.15, 0.2) is 0 Å². The van der Waals surface area contributed by atoms with Gasteiger partial charge in [0.1, 0.15) is 23.0 Å². The van der Waals surface area contributed by atoms with Crippen molar-refractivity contribution >= 4 is 22.7 Å². The van der Waals surface area contributed by atoms with Crippen molar-refractivity contribution in [2.24, 2.45) is 7.05 Å². The molecule has 11 heteroatoms. The molecular weight excluding hydrogens is 604 g/mol. The molecule has 0 saturated carbocycles. The highest BCUT2D eigenvalue weighted by Crippen LogP contribution is 2.34. The zero-order valence-electron chi connectivity index (χ0n) is 26.2.